The zero-order valence-corrected chi connectivity index (χ0v) is 14.9. The first-order valence-electron chi connectivity index (χ1n) is 8.60. The van der Waals surface area contributed by atoms with Gasteiger partial charge >= 0.3 is 0 Å². The molecule has 0 aromatic rings. The van der Waals surface area contributed by atoms with Gasteiger partial charge in [-0.2, -0.15) is 0 Å². The Hall–Kier alpha value is -0.850. The van der Waals surface area contributed by atoms with Crippen molar-refractivity contribution in [2.75, 3.05) is 66.6 Å². The Morgan fingerprint density at radius 3 is 2.59 bits per heavy atom. The Morgan fingerprint density at radius 1 is 1.23 bits per heavy atom. The summed E-state index contributed by atoms with van der Waals surface area (Å²) < 4.78 is 5.15. The molecule has 0 spiro atoms. The smallest absolute Gasteiger partial charge is 0.191 e. The normalized spacial score (nSPS) is 19.2. The van der Waals surface area contributed by atoms with Gasteiger partial charge in [0.15, 0.2) is 5.96 Å². The maximum Gasteiger partial charge on any atom is 0.191 e. The Kier molecular flexibility index (Phi) is 10.2. The van der Waals surface area contributed by atoms with Crippen molar-refractivity contribution in [1.29, 1.82) is 0 Å². The van der Waals surface area contributed by atoms with Crippen molar-refractivity contribution >= 4 is 5.96 Å². The maximum absolute atomic E-state index is 5.15. The van der Waals surface area contributed by atoms with Gasteiger partial charge in [0.05, 0.1) is 6.61 Å². The first-order valence-corrected chi connectivity index (χ1v) is 8.60. The molecule has 0 aliphatic carbocycles. The van der Waals surface area contributed by atoms with Crippen LogP contribution in [0.1, 0.15) is 26.7 Å². The molecule has 1 atom stereocenters. The Labute approximate surface area is 136 Å². The van der Waals surface area contributed by atoms with Crippen molar-refractivity contribution in [3.8, 4) is 0 Å². The number of unbranched alkanes of at least 4 members (excludes halogenated alkanes) is 1. The number of hydrogen-bond donors (Lipinski definition) is 2. The average Bonchev–Trinajstić information content (AvgIpc) is 2.49. The van der Waals surface area contributed by atoms with Crippen molar-refractivity contribution in [2.45, 2.75) is 32.7 Å². The lowest BCUT2D eigenvalue weighted by Crippen LogP contribution is -2.44. The fraction of sp³-hybridized carbons (Fsp3) is 0.938. The molecule has 6 nitrogen and oxygen atoms in total. The Balaban J connectivity index is 2.17. The van der Waals surface area contributed by atoms with E-state index < -0.39 is 0 Å². The molecule has 0 radical (unpaired) electrons. The molecule has 1 rings (SSSR count). The number of ether oxygens (including phenoxy) is 1. The quantitative estimate of drug-likeness (QED) is 0.371. The number of piperazine rings is 1. The molecule has 1 unspecified atom stereocenters. The van der Waals surface area contributed by atoms with E-state index in [9.17, 15) is 0 Å². The monoisotopic (exact) mass is 313 g/mol. The highest BCUT2D eigenvalue weighted by Gasteiger charge is 2.12. The standard InChI is InChI=1S/C16H35N5O/c1-5-17-16(19-15(2)14-22-4)18-8-6-7-9-21-12-10-20(3)11-13-21/h15H,5-14H2,1-4H3,(H2,17,18,19). The van der Waals surface area contributed by atoms with Gasteiger partial charge in [-0.3, -0.25) is 4.99 Å². The number of nitrogens with one attached hydrogen (secondary N) is 2. The fourth-order valence-corrected chi connectivity index (χ4v) is 2.55. The Morgan fingerprint density at radius 2 is 1.95 bits per heavy atom. The average molecular weight is 313 g/mol. The molecular weight excluding hydrogens is 278 g/mol. The molecule has 6 heteroatoms. The van der Waals surface area contributed by atoms with Gasteiger partial charge in [0.1, 0.15) is 0 Å². The van der Waals surface area contributed by atoms with Gasteiger partial charge in [0.2, 0.25) is 0 Å². The molecule has 2 N–H and O–H groups in total. The molecular formula is C16H35N5O. The number of guanidine groups is 1. The van der Waals surface area contributed by atoms with Crippen molar-refractivity contribution in [1.82, 2.24) is 20.4 Å². The zero-order valence-electron chi connectivity index (χ0n) is 14.9. The lowest BCUT2D eigenvalue weighted by Gasteiger charge is -2.32. The largest absolute Gasteiger partial charge is 0.383 e. The molecule has 0 aromatic carbocycles. The second-order valence-corrected chi connectivity index (χ2v) is 6.11. The summed E-state index contributed by atoms with van der Waals surface area (Å²) in [5.74, 6) is 0.895. The summed E-state index contributed by atoms with van der Waals surface area (Å²) in [6.45, 7) is 12.6. The third kappa shape index (κ3) is 8.56. The van der Waals surface area contributed by atoms with Crippen molar-refractivity contribution in [3.63, 3.8) is 0 Å². The summed E-state index contributed by atoms with van der Waals surface area (Å²) in [5.41, 5.74) is 0. The van der Waals surface area contributed by atoms with Crippen LogP contribution in [0.3, 0.4) is 0 Å². The van der Waals surface area contributed by atoms with Crippen LogP contribution in [0.15, 0.2) is 4.99 Å². The highest BCUT2D eigenvalue weighted by Crippen LogP contribution is 2.01. The number of rotatable bonds is 9. The van der Waals surface area contributed by atoms with Crippen LogP contribution in [-0.4, -0.2) is 88.4 Å². The summed E-state index contributed by atoms with van der Waals surface area (Å²) in [4.78, 5) is 9.60. The van der Waals surface area contributed by atoms with Crippen molar-refractivity contribution < 1.29 is 4.74 Å². The van der Waals surface area contributed by atoms with Crippen LogP contribution < -0.4 is 10.6 Å². The zero-order chi connectivity index (χ0) is 16.2. The van der Waals surface area contributed by atoms with Crippen LogP contribution in [-0.2, 0) is 4.74 Å². The molecule has 1 aliphatic heterocycles. The van der Waals surface area contributed by atoms with E-state index in [0.717, 1.165) is 25.5 Å². The second kappa shape index (κ2) is 11.7. The van der Waals surface area contributed by atoms with Crippen LogP contribution >= 0.6 is 0 Å². The molecule has 22 heavy (non-hydrogen) atoms. The van der Waals surface area contributed by atoms with Crippen LogP contribution in [0, 0.1) is 0 Å². The van der Waals surface area contributed by atoms with E-state index in [2.05, 4.69) is 46.3 Å². The third-order valence-corrected chi connectivity index (χ3v) is 3.89. The lowest BCUT2D eigenvalue weighted by atomic mass is 10.2. The van der Waals surface area contributed by atoms with Gasteiger partial charge in [-0.1, -0.05) is 0 Å². The second-order valence-electron chi connectivity index (χ2n) is 6.11. The summed E-state index contributed by atoms with van der Waals surface area (Å²) >= 11 is 0. The van der Waals surface area contributed by atoms with E-state index in [1.165, 1.54) is 39.1 Å². The highest BCUT2D eigenvalue weighted by molar-refractivity contribution is 5.80. The topological polar surface area (TPSA) is 52.1 Å². The van der Waals surface area contributed by atoms with E-state index in [-0.39, 0.29) is 6.04 Å². The highest BCUT2D eigenvalue weighted by atomic mass is 16.5. The first kappa shape index (κ1) is 19.2. The van der Waals surface area contributed by atoms with E-state index in [4.69, 9.17) is 4.74 Å². The minimum atomic E-state index is 0.271. The van der Waals surface area contributed by atoms with E-state index in [0.29, 0.717) is 6.61 Å². The summed E-state index contributed by atoms with van der Waals surface area (Å²) in [6.07, 6.45) is 2.36. The number of nitrogens with zero attached hydrogens (tertiary/aromatic N) is 3. The van der Waals surface area contributed by atoms with Crippen LogP contribution in [0.2, 0.25) is 0 Å². The molecule has 0 saturated carbocycles. The number of methoxy groups -OCH3 is 1. The van der Waals surface area contributed by atoms with Gasteiger partial charge in [-0.15, -0.1) is 0 Å². The fourth-order valence-electron chi connectivity index (χ4n) is 2.55. The van der Waals surface area contributed by atoms with Gasteiger partial charge < -0.3 is 25.2 Å². The van der Waals surface area contributed by atoms with Gasteiger partial charge in [-0.25, -0.2) is 0 Å². The van der Waals surface area contributed by atoms with Gasteiger partial charge in [-0.05, 0) is 40.3 Å². The van der Waals surface area contributed by atoms with Gasteiger partial charge in [0.25, 0.3) is 0 Å². The molecule has 0 amide bonds. The molecule has 130 valence electrons. The SMILES string of the molecule is CCNC(=NCCCCN1CCN(C)CC1)NC(C)COC. The summed E-state index contributed by atoms with van der Waals surface area (Å²) in [5, 5.41) is 6.65. The molecule has 1 aliphatic rings. The lowest BCUT2D eigenvalue weighted by molar-refractivity contribution is 0.152. The first-order chi connectivity index (χ1) is 10.7. The van der Waals surface area contributed by atoms with Gasteiger partial charge in [0, 0.05) is 52.4 Å². The van der Waals surface area contributed by atoms with Crippen LogP contribution in [0.5, 0.6) is 0 Å². The maximum atomic E-state index is 5.15. The molecule has 1 saturated heterocycles. The minimum absolute atomic E-state index is 0.271. The Bertz CT molecular complexity index is 303. The third-order valence-electron chi connectivity index (χ3n) is 3.89. The predicted molar refractivity (Wildman–Crippen MR) is 93.6 cm³/mol. The van der Waals surface area contributed by atoms with Crippen molar-refractivity contribution in [2.24, 2.45) is 4.99 Å². The number of likely N-dealkylation sites (N-methyl/N-ethyl adjacent to an activating group) is 1. The molecule has 0 aromatic heterocycles. The molecule has 1 heterocycles. The van der Waals surface area contributed by atoms with Crippen LogP contribution in [0.25, 0.3) is 0 Å². The van der Waals surface area contributed by atoms with E-state index in [1.54, 1.807) is 7.11 Å². The van der Waals surface area contributed by atoms with Crippen molar-refractivity contribution in [3.05, 3.63) is 0 Å². The summed E-state index contributed by atoms with van der Waals surface area (Å²) in [6, 6.07) is 0.271. The predicted octanol–water partition coefficient (Wildman–Crippen LogP) is 0.604. The number of hydrogen-bond acceptors (Lipinski definition) is 4. The minimum Gasteiger partial charge on any atom is -0.383 e. The van der Waals surface area contributed by atoms with E-state index in [1.807, 2.05) is 0 Å². The molecule has 0 bridgehead atoms. The summed E-state index contributed by atoms with van der Waals surface area (Å²) in [7, 11) is 3.92. The van der Waals surface area contributed by atoms with E-state index >= 15 is 0 Å². The molecule has 1 fully saturated rings. The number of aliphatic imine (C=N–C) groups is 1. The van der Waals surface area contributed by atoms with Crippen LogP contribution in [0.4, 0.5) is 0 Å².